The molecule has 0 amide bonds. The summed E-state index contributed by atoms with van der Waals surface area (Å²) in [4.78, 5) is 2.76. The fourth-order valence-electron chi connectivity index (χ4n) is 2.49. The van der Waals surface area contributed by atoms with Crippen molar-refractivity contribution in [1.82, 2.24) is 0 Å². The maximum atomic E-state index is 8.13. The van der Waals surface area contributed by atoms with E-state index in [4.69, 9.17) is 5.53 Å². The zero-order valence-corrected chi connectivity index (χ0v) is 12.1. The van der Waals surface area contributed by atoms with Gasteiger partial charge in [0.25, 0.3) is 0 Å². The highest BCUT2D eigenvalue weighted by Gasteiger charge is 1.99. The van der Waals surface area contributed by atoms with Gasteiger partial charge in [0.05, 0.1) is 0 Å². The Morgan fingerprint density at radius 3 is 2.16 bits per heavy atom. The van der Waals surface area contributed by atoms with Crippen molar-refractivity contribution in [3.63, 3.8) is 0 Å². The first kappa shape index (κ1) is 15.8. The van der Waals surface area contributed by atoms with E-state index in [0.29, 0.717) is 6.54 Å². The molecule has 1 aliphatic rings. The van der Waals surface area contributed by atoms with E-state index in [0.717, 1.165) is 6.42 Å². The van der Waals surface area contributed by atoms with E-state index in [-0.39, 0.29) is 0 Å². The maximum absolute atomic E-state index is 8.13. The highest BCUT2D eigenvalue weighted by molar-refractivity contribution is 5.22. The van der Waals surface area contributed by atoms with Crippen molar-refractivity contribution in [3.05, 3.63) is 34.2 Å². The summed E-state index contributed by atoms with van der Waals surface area (Å²) in [5.41, 5.74) is 9.74. The second-order valence-electron chi connectivity index (χ2n) is 5.34. The molecule has 3 heteroatoms. The lowest BCUT2D eigenvalue weighted by Crippen LogP contribution is -1.84. The third kappa shape index (κ3) is 9.38. The lowest BCUT2D eigenvalue weighted by Gasteiger charge is -2.03. The molecule has 0 atom stereocenters. The van der Waals surface area contributed by atoms with E-state index in [1.165, 1.54) is 64.2 Å². The Morgan fingerprint density at radius 1 is 0.947 bits per heavy atom. The Kier molecular flexibility index (Phi) is 9.89. The van der Waals surface area contributed by atoms with Crippen LogP contribution in [-0.4, -0.2) is 6.54 Å². The maximum Gasteiger partial charge on any atom is 0.0257 e. The summed E-state index contributed by atoms with van der Waals surface area (Å²) >= 11 is 0. The first-order chi connectivity index (χ1) is 9.43. The first-order valence-electron chi connectivity index (χ1n) is 7.79. The van der Waals surface area contributed by atoms with Crippen LogP contribution in [0.1, 0.15) is 70.6 Å². The third-order valence-electron chi connectivity index (χ3n) is 3.67. The molecule has 0 N–H and O–H groups in total. The van der Waals surface area contributed by atoms with Gasteiger partial charge in [-0.3, -0.25) is 0 Å². The van der Waals surface area contributed by atoms with Crippen LogP contribution in [0.5, 0.6) is 0 Å². The van der Waals surface area contributed by atoms with Crippen molar-refractivity contribution >= 4 is 0 Å². The van der Waals surface area contributed by atoms with Crippen LogP contribution in [0, 0.1) is 0 Å². The summed E-state index contributed by atoms with van der Waals surface area (Å²) in [5.74, 6) is 0. The molecule has 0 spiro atoms. The van der Waals surface area contributed by atoms with Crippen molar-refractivity contribution in [2.45, 2.75) is 70.6 Å². The van der Waals surface area contributed by atoms with E-state index in [2.05, 4.69) is 28.3 Å². The molecule has 0 unspecified atom stereocenters. The summed E-state index contributed by atoms with van der Waals surface area (Å²) in [6, 6.07) is 0. The predicted molar refractivity (Wildman–Crippen MR) is 82.0 cm³/mol. The Morgan fingerprint density at radius 2 is 1.58 bits per heavy atom. The molecule has 0 aromatic heterocycles. The second-order valence-corrected chi connectivity index (χ2v) is 5.34. The molecular weight excluding hydrogens is 234 g/mol. The fourth-order valence-corrected chi connectivity index (χ4v) is 2.49. The van der Waals surface area contributed by atoms with Gasteiger partial charge in [-0.05, 0) is 31.2 Å². The number of hydrogen-bond donors (Lipinski definition) is 0. The summed E-state index contributed by atoms with van der Waals surface area (Å²) in [7, 11) is 0. The average molecular weight is 261 g/mol. The molecule has 0 aliphatic heterocycles. The number of rotatable bonds is 12. The van der Waals surface area contributed by atoms with Crippen LogP contribution in [0.2, 0.25) is 0 Å². The van der Waals surface area contributed by atoms with E-state index in [1.54, 1.807) is 5.57 Å². The van der Waals surface area contributed by atoms with Crippen molar-refractivity contribution in [2.75, 3.05) is 6.54 Å². The minimum Gasteiger partial charge on any atom is -0.0940 e. The van der Waals surface area contributed by atoms with Gasteiger partial charge in [0, 0.05) is 11.5 Å². The smallest absolute Gasteiger partial charge is 0.0257 e. The lowest BCUT2D eigenvalue weighted by atomic mass is 10.0. The molecular formula is C16H27N3. The monoisotopic (exact) mass is 261 g/mol. The van der Waals surface area contributed by atoms with Gasteiger partial charge in [0.15, 0.2) is 0 Å². The van der Waals surface area contributed by atoms with Gasteiger partial charge in [-0.25, -0.2) is 0 Å². The van der Waals surface area contributed by atoms with Crippen molar-refractivity contribution in [3.8, 4) is 0 Å². The number of hydrogen-bond acceptors (Lipinski definition) is 1. The Labute approximate surface area is 117 Å². The van der Waals surface area contributed by atoms with E-state index in [9.17, 15) is 0 Å². The lowest BCUT2D eigenvalue weighted by molar-refractivity contribution is 0.559. The largest absolute Gasteiger partial charge is 0.0940 e. The minimum absolute atomic E-state index is 0.668. The summed E-state index contributed by atoms with van der Waals surface area (Å²) in [6.07, 6.45) is 21.0. The van der Waals surface area contributed by atoms with Gasteiger partial charge in [0.1, 0.15) is 0 Å². The van der Waals surface area contributed by atoms with Crippen molar-refractivity contribution in [2.24, 2.45) is 5.11 Å². The van der Waals surface area contributed by atoms with Crippen LogP contribution >= 0.6 is 0 Å². The van der Waals surface area contributed by atoms with E-state index in [1.807, 2.05) is 0 Å². The second kappa shape index (κ2) is 11.9. The molecule has 0 saturated carbocycles. The highest BCUT2D eigenvalue weighted by atomic mass is 15.1. The van der Waals surface area contributed by atoms with Crippen LogP contribution in [-0.2, 0) is 0 Å². The topological polar surface area (TPSA) is 48.8 Å². The molecule has 0 fully saturated rings. The first-order valence-corrected chi connectivity index (χ1v) is 7.79. The summed E-state index contributed by atoms with van der Waals surface area (Å²) in [6.45, 7) is 0.668. The van der Waals surface area contributed by atoms with Crippen LogP contribution in [0.3, 0.4) is 0 Å². The Hall–Kier alpha value is -1.21. The predicted octanol–water partition coefficient (Wildman–Crippen LogP) is 6.08. The Bertz CT molecular complexity index is 325. The third-order valence-corrected chi connectivity index (χ3v) is 3.67. The molecule has 0 saturated heterocycles. The van der Waals surface area contributed by atoms with Crippen LogP contribution < -0.4 is 0 Å². The normalized spacial score (nSPS) is 13.4. The van der Waals surface area contributed by atoms with Gasteiger partial charge in [-0.2, -0.15) is 0 Å². The molecule has 0 aromatic rings. The fraction of sp³-hybridized carbons (Fsp3) is 0.750. The number of azide groups is 1. The molecule has 0 aromatic carbocycles. The van der Waals surface area contributed by atoms with Crippen LogP contribution in [0.15, 0.2) is 28.9 Å². The molecule has 106 valence electrons. The van der Waals surface area contributed by atoms with Gasteiger partial charge in [-0.15, -0.1) is 0 Å². The highest BCUT2D eigenvalue weighted by Crippen LogP contribution is 2.18. The molecule has 0 bridgehead atoms. The zero-order valence-electron chi connectivity index (χ0n) is 12.1. The standard InChI is InChI=1S/C16H27N3/c17-19-18-15-11-7-5-3-1-2-4-6-8-12-16-13-9-10-14-16/h9-10,13H,1-8,11-12,14-15H2. The molecule has 1 aliphatic carbocycles. The summed E-state index contributed by atoms with van der Waals surface area (Å²) in [5, 5.41) is 3.54. The molecule has 0 radical (unpaired) electrons. The van der Waals surface area contributed by atoms with E-state index < -0.39 is 0 Å². The Balaban J connectivity index is 1.72. The SMILES string of the molecule is [N-]=[N+]=NCCCCCCCCCCCC1=CC=CC1. The molecule has 19 heavy (non-hydrogen) atoms. The van der Waals surface area contributed by atoms with Crippen LogP contribution in [0.4, 0.5) is 0 Å². The van der Waals surface area contributed by atoms with Crippen molar-refractivity contribution < 1.29 is 0 Å². The number of nitrogens with zero attached hydrogens (tertiary/aromatic N) is 3. The van der Waals surface area contributed by atoms with Gasteiger partial charge in [-0.1, -0.05) is 73.9 Å². The zero-order chi connectivity index (χ0) is 13.6. The molecule has 3 nitrogen and oxygen atoms in total. The van der Waals surface area contributed by atoms with Gasteiger partial charge in [0.2, 0.25) is 0 Å². The minimum atomic E-state index is 0.668. The molecule has 0 heterocycles. The van der Waals surface area contributed by atoms with Crippen LogP contribution in [0.25, 0.3) is 10.4 Å². The quantitative estimate of drug-likeness (QED) is 0.177. The van der Waals surface area contributed by atoms with E-state index >= 15 is 0 Å². The molecule has 1 rings (SSSR count). The van der Waals surface area contributed by atoms with Crippen molar-refractivity contribution in [1.29, 1.82) is 0 Å². The van der Waals surface area contributed by atoms with Gasteiger partial charge < -0.3 is 0 Å². The number of allylic oxidation sites excluding steroid dienone is 4. The average Bonchev–Trinajstić information content (AvgIpc) is 2.93. The summed E-state index contributed by atoms with van der Waals surface area (Å²) < 4.78 is 0. The number of unbranched alkanes of at least 4 members (excludes halogenated alkanes) is 8. The van der Waals surface area contributed by atoms with Gasteiger partial charge >= 0.3 is 0 Å².